The maximum atomic E-state index is 13.2. The minimum atomic E-state index is -4.57. The third-order valence-corrected chi connectivity index (χ3v) is 9.92. The number of thiol groups is 1. The summed E-state index contributed by atoms with van der Waals surface area (Å²) in [6.07, 6.45) is 6.39. The first kappa shape index (κ1) is 36.8. The van der Waals surface area contributed by atoms with E-state index < -0.39 is 24.1 Å². The minimum absolute atomic E-state index is 0.0386. The average Bonchev–Trinajstić information content (AvgIpc) is 3.04. The molecule has 46 heavy (non-hydrogen) atoms. The van der Waals surface area contributed by atoms with Gasteiger partial charge in [0.05, 0.1) is 25.0 Å². The lowest BCUT2D eigenvalue weighted by molar-refractivity contribution is -0.141. The molecule has 2 aliphatic carbocycles. The first-order valence-electron chi connectivity index (χ1n) is 16.6. The van der Waals surface area contributed by atoms with Gasteiger partial charge >= 0.3 is 6.18 Å². The molecule has 2 fully saturated rings. The topological polar surface area (TPSA) is 84.7 Å². The van der Waals surface area contributed by atoms with E-state index in [1.54, 1.807) is 6.26 Å². The zero-order valence-corrected chi connectivity index (χ0v) is 28.8. The third kappa shape index (κ3) is 8.53. The average molecular weight is 665 g/mol. The molecule has 0 bridgehead atoms. The van der Waals surface area contributed by atoms with Crippen molar-refractivity contribution in [3.63, 3.8) is 0 Å². The molecule has 2 aromatic heterocycles. The summed E-state index contributed by atoms with van der Waals surface area (Å²) < 4.78 is 50.8. The highest BCUT2D eigenvalue weighted by Crippen LogP contribution is 2.55. The highest BCUT2D eigenvalue weighted by Gasteiger charge is 2.46. The number of nitrogens with zero attached hydrogens (tertiary/aromatic N) is 2. The summed E-state index contributed by atoms with van der Waals surface area (Å²) in [5.74, 6) is 0.0386. The summed E-state index contributed by atoms with van der Waals surface area (Å²) in [6, 6.07) is 2.19. The lowest BCUT2D eigenvalue weighted by Crippen LogP contribution is -2.39. The molecule has 6 nitrogen and oxygen atoms in total. The Morgan fingerprint density at radius 2 is 1.74 bits per heavy atom. The number of ether oxygens (including phenoxy) is 2. The Labute approximate surface area is 277 Å². The maximum absolute atomic E-state index is 13.2. The largest absolute Gasteiger partial charge is 0.433 e. The van der Waals surface area contributed by atoms with Crippen LogP contribution in [0.5, 0.6) is 0 Å². The fraction of sp³-hybridized carbons (Fsp3) is 0.667. The molecule has 256 valence electrons. The number of aliphatic hydroxyl groups is 2. The predicted molar refractivity (Wildman–Crippen MR) is 178 cm³/mol. The van der Waals surface area contributed by atoms with Gasteiger partial charge < -0.3 is 19.7 Å². The second-order valence-electron chi connectivity index (χ2n) is 14.1. The standard InChI is InChI=1S/C29H33F3N2O4.C6H14.CH4S/c30-29(31,32)22-3-2-19(16-33-22)27(36)25-23(17-4-10-37-11-5-17)24-20(14-28(8-1-9-28)15-21(24)35)34-26(25)18-6-12-38-13-7-18;1-5-6(2,3)4;1-2/h2-4,16,18,21,27,35-36H,1,5-15H2;5H2,1-4H3;2H,1H3. The van der Waals surface area contributed by atoms with E-state index in [4.69, 9.17) is 14.5 Å². The zero-order valence-electron chi connectivity index (χ0n) is 27.9. The molecule has 6 rings (SSSR count). The fourth-order valence-electron chi connectivity index (χ4n) is 6.73. The molecule has 0 amide bonds. The SMILES string of the molecule is CCC(C)(C)C.CS.OC1CC2(CCC2)Cc2nc(C3CCOCC3)c(C(O)c3ccc(C(F)(F)F)nc3)c(C3=CCOCC3)c21. The van der Waals surface area contributed by atoms with E-state index in [9.17, 15) is 23.4 Å². The molecular weight excluding hydrogens is 613 g/mol. The summed E-state index contributed by atoms with van der Waals surface area (Å²) in [7, 11) is 0. The molecule has 2 atom stereocenters. The van der Waals surface area contributed by atoms with Crippen molar-refractivity contribution in [1.82, 2.24) is 9.97 Å². The van der Waals surface area contributed by atoms with Crippen LogP contribution in [0.1, 0.15) is 137 Å². The Hall–Kier alpha value is -1.98. The van der Waals surface area contributed by atoms with Crippen LogP contribution < -0.4 is 0 Å². The Morgan fingerprint density at radius 3 is 2.24 bits per heavy atom. The van der Waals surface area contributed by atoms with Gasteiger partial charge in [0.15, 0.2) is 0 Å². The number of halogens is 3. The van der Waals surface area contributed by atoms with Gasteiger partial charge in [-0.15, -0.1) is 0 Å². The predicted octanol–water partition coefficient (Wildman–Crippen LogP) is 8.41. The molecule has 4 heterocycles. The highest BCUT2D eigenvalue weighted by atomic mass is 32.1. The van der Waals surface area contributed by atoms with E-state index in [1.807, 2.05) is 6.08 Å². The summed E-state index contributed by atoms with van der Waals surface area (Å²) in [4.78, 5) is 8.80. The smallest absolute Gasteiger partial charge is 0.388 e. The summed E-state index contributed by atoms with van der Waals surface area (Å²) >= 11 is 3.53. The van der Waals surface area contributed by atoms with Crippen molar-refractivity contribution in [2.75, 3.05) is 32.7 Å². The van der Waals surface area contributed by atoms with E-state index in [2.05, 4.69) is 45.3 Å². The number of aliphatic hydroxyl groups excluding tert-OH is 2. The van der Waals surface area contributed by atoms with Crippen LogP contribution in [0, 0.1) is 10.8 Å². The quantitative estimate of drug-likeness (QED) is 0.285. The van der Waals surface area contributed by atoms with Crippen molar-refractivity contribution in [1.29, 1.82) is 0 Å². The van der Waals surface area contributed by atoms with E-state index in [0.717, 1.165) is 78.9 Å². The van der Waals surface area contributed by atoms with Gasteiger partial charge in [-0.2, -0.15) is 25.8 Å². The number of hydrogen-bond donors (Lipinski definition) is 3. The van der Waals surface area contributed by atoms with Gasteiger partial charge in [-0.05, 0) is 79.2 Å². The number of rotatable bonds is 4. The van der Waals surface area contributed by atoms with E-state index in [1.165, 1.54) is 12.5 Å². The highest BCUT2D eigenvalue weighted by molar-refractivity contribution is 7.79. The van der Waals surface area contributed by atoms with Crippen LogP contribution >= 0.6 is 12.6 Å². The summed E-state index contributed by atoms with van der Waals surface area (Å²) in [5, 5.41) is 23.4. The van der Waals surface area contributed by atoms with Gasteiger partial charge in [0.25, 0.3) is 0 Å². The minimum Gasteiger partial charge on any atom is -0.388 e. The number of alkyl halides is 3. The van der Waals surface area contributed by atoms with Gasteiger partial charge in [0.2, 0.25) is 0 Å². The molecule has 0 aromatic carbocycles. The van der Waals surface area contributed by atoms with Gasteiger partial charge in [0.1, 0.15) is 11.8 Å². The number of aromatic nitrogens is 2. The van der Waals surface area contributed by atoms with Crippen LogP contribution in [0.25, 0.3) is 5.57 Å². The van der Waals surface area contributed by atoms with Crippen LogP contribution in [-0.2, 0) is 22.1 Å². The van der Waals surface area contributed by atoms with Crippen LogP contribution in [0.15, 0.2) is 24.4 Å². The van der Waals surface area contributed by atoms with Gasteiger partial charge in [0, 0.05) is 47.7 Å². The molecule has 4 aliphatic rings. The second-order valence-corrected chi connectivity index (χ2v) is 14.1. The van der Waals surface area contributed by atoms with Crippen LogP contribution in [0.3, 0.4) is 0 Å². The van der Waals surface area contributed by atoms with Crippen molar-refractivity contribution < 1.29 is 32.9 Å². The Balaban J connectivity index is 0.000000541. The molecule has 1 spiro atoms. The van der Waals surface area contributed by atoms with E-state index in [0.29, 0.717) is 50.2 Å². The maximum Gasteiger partial charge on any atom is 0.433 e. The third-order valence-electron chi connectivity index (χ3n) is 9.92. The molecule has 1 saturated carbocycles. The number of fused-ring (bicyclic) bond motifs is 1. The molecule has 2 aliphatic heterocycles. The van der Waals surface area contributed by atoms with E-state index in [-0.39, 0.29) is 16.9 Å². The monoisotopic (exact) mass is 664 g/mol. The second kappa shape index (κ2) is 15.5. The fourth-order valence-corrected chi connectivity index (χ4v) is 6.73. The number of hydrogen-bond acceptors (Lipinski definition) is 7. The zero-order chi connectivity index (χ0) is 33.7. The lowest BCUT2D eigenvalue weighted by atomic mass is 9.59. The summed E-state index contributed by atoms with van der Waals surface area (Å²) in [6.45, 7) is 11.1. The Kier molecular flexibility index (Phi) is 12.4. The van der Waals surface area contributed by atoms with Crippen molar-refractivity contribution >= 4 is 18.2 Å². The molecule has 2 N–H and O–H groups in total. The lowest BCUT2D eigenvalue weighted by Gasteiger charge is -2.48. The van der Waals surface area contributed by atoms with Crippen molar-refractivity contribution in [2.24, 2.45) is 10.8 Å². The molecule has 1 saturated heterocycles. The van der Waals surface area contributed by atoms with Gasteiger partial charge in [-0.1, -0.05) is 52.7 Å². The Morgan fingerprint density at radius 1 is 1.07 bits per heavy atom. The summed E-state index contributed by atoms with van der Waals surface area (Å²) in [5.41, 5.74) is 4.67. The van der Waals surface area contributed by atoms with Gasteiger partial charge in [-0.25, -0.2) is 0 Å². The van der Waals surface area contributed by atoms with Gasteiger partial charge in [-0.3, -0.25) is 9.97 Å². The molecule has 10 heteroatoms. The Bertz CT molecular complexity index is 1330. The van der Waals surface area contributed by atoms with Crippen molar-refractivity contribution in [3.05, 3.63) is 63.7 Å². The van der Waals surface area contributed by atoms with Crippen molar-refractivity contribution in [3.8, 4) is 0 Å². The van der Waals surface area contributed by atoms with E-state index >= 15 is 0 Å². The van der Waals surface area contributed by atoms with Crippen LogP contribution in [0.4, 0.5) is 13.2 Å². The molecule has 2 aromatic rings. The van der Waals surface area contributed by atoms with Crippen molar-refractivity contribution in [2.45, 2.75) is 110 Å². The first-order valence-corrected chi connectivity index (χ1v) is 17.5. The number of pyridine rings is 2. The van der Waals surface area contributed by atoms with Crippen LogP contribution in [0.2, 0.25) is 0 Å². The normalized spacial score (nSPS) is 21.9. The molecular formula is C36H51F3N2O4S. The molecule has 2 unspecified atom stereocenters. The van der Waals surface area contributed by atoms with Crippen LogP contribution in [-0.4, -0.2) is 52.9 Å². The molecule has 0 radical (unpaired) electrons. The first-order chi connectivity index (χ1) is 21.8.